The van der Waals surface area contributed by atoms with Crippen LogP contribution in [0.2, 0.25) is 0 Å². The van der Waals surface area contributed by atoms with E-state index in [2.05, 4.69) is 4.98 Å². The van der Waals surface area contributed by atoms with Crippen LogP contribution in [0.5, 0.6) is 0 Å². The molecule has 102 valence electrons. The van der Waals surface area contributed by atoms with Crippen molar-refractivity contribution in [1.29, 1.82) is 5.26 Å². The van der Waals surface area contributed by atoms with Gasteiger partial charge in [-0.05, 0) is 25.5 Å². The summed E-state index contributed by atoms with van der Waals surface area (Å²) in [4.78, 5) is 3.57. The number of hydrogen-bond donors (Lipinski definition) is 0. The van der Waals surface area contributed by atoms with Crippen LogP contribution >= 0.6 is 11.8 Å². The number of halogens is 3. The average Bonchev–Trinajstić information content (AvgIpc) is 2.74. The van der Waals surface area contributed by atoms with Crippen molar-refractivity contribution in [2.75, 3.05) is 6.61 Å². The van der Waals surface area contributed by atoms with Crippen LogP contribution in [0.3, 0.4) is 0 Å². The van der Waals surface area contributed by atoms with Gasteiger partial charge in [-0.25, -0.2) is 4.98 Å². The fourth-order valence-corrected chi connectivity index (χ4v) is 2.95. The van der Waals surface area contributed by atoms with Gasteiger partial charge >= 0.3 is 6.18 Å². The quantitative estimate of drug-likeness (QED) is 0.838. The van der Waals surface area contributed by atoms with Gasteiger partial charge in [0, 0.05) is 11.9 Å². The van der Waals surface area contributed by atoms with Crippen molar-refractivity contribution in [2.45, 2.75) is 35.9 Å². The van der Waals surface area contributed by atoms with E-state index >= 15 is 0 Å². The van der Waals surface area contributed by atoms with Crippen LogP contribution in [0.15, 0.2) is 17.2 Å². The number of nitriles is 1. The van der Waals surface area contributed by atoms with Crippen LogP contribution in [0.25, 0.3) is 0 Å². The molecule has 1 aromatic heterocycles. The van der Waals surface area contributed by atoms with Gasteiger partial charge in [0.15, 0.2) is 0 Å². The summed E-state index contributed by atoms with van der Waals surface area (Å²) in [7, 11) is 0. The Morgan fingerprint density at radius 1 is 1.47 bits per heavy atom. The largest absolute Gasteiger partial charge is 0.433 e. The summed E-state index contributed by atoms with van der Waals surface area (Å²) in [6.45, 7) is 2.45. The number of thioether (sulfide) groups is 1. The Labute approximate surface area is 112 Å². The predicted octanol–water partition coefficient (Wildman–Crippen LogP) is 3.24. The third-order valence-electron chi connectivity index (χ3n) is 2.84. The van der Waals surface area contributed by atoms with Crippen molar-refractivity contribution in [2.24, 2.45) is 0 Å². The fourth-order valence-electron chi connectivity index (χ4n) is 1.78. The second-order valence-corrected chi connectivity index (χ2v) is 5.41. The Kier molecular flexibility index (Phi) is 4.02. The number of nitrogens with zero attached hydrogens (tertiary/aromatic N) is 2. The van der Waals surface area contributed by atoms with Crippen molar-refractivity contribution in [3.8, 4) is 6.07 Å². The highest BCUT2D eigenvalue weighted by atomic mass is 32.2. The van der Waals surface area contributed by atoms with Gasteiger partial charge in [0.05, 0.1) is 11.7 Å². The van der Waals surface area contributed by atoms with Gasteiger partial charge in [-0.3, -0.25) is 0 Å². The van der Waals surface area contributed by atoms with Gasteiger partial charge in [-0.2, -0.15) is 18.4 Å². The lowest BCUT2D eigenvalue weighted by Gasteiger charge is -2.14. The minimum Gasteiger partial charge on any atom is -0.377 e. The van der Waals surface area contributed by atoms with E-state index in [-0.39, 0.29) is 21.9 Å². The molecule has 1 aliphatic heterocycles. The van der Waals surface area contributed by atoms with Gasteiger partial charge in [-0.1, -0.05) is 11.8 Å². The number of alkyl halides is 3. The maximum absolute atomic E-state index is 12.6. The first-order chi connectivity index (χ1) is 8.91. The number of ether oxygens (including phenoxy) is 1. The maximum Gasteiger partial charge on any atom is 0.433 e. The van der Waals surface area contributed by atoms with E-state index in [1.165, 1.54) is 17.8 Å². The summed E-state index contributed by atoms with van der Waals surface area (Å²) < 4.78 is 43.2. The summed E-state index contributed by atoms with van der Waals surface area (Å²) >= 11 is 1.18. The Balaban J connectivity index is 2.29. The van der Waals surface area contributed by atoms with E-state index in [4.69, 9.17) is 10.00 Å². The molecule has 1 aromatic rings. The zero-order valence-corrected chi connectivity index (χ0v) is 10.9. The molecule has 1 saturated heterocycles. The Hall–Kier alpha value is -1.26. The molecular formula is C12H11F3N2OS. The molecule has 1 fully saturated rings. The molecule has 19 heavy (non-hydrogen) atoms. The van der Waals surface area contributed by atoms with Gasteiger partial charge in [0.25, 0.3) is 0 Å². The van der Waals surface area contributed by atoms with Crippen molar-refractivity contribution in [3.63, 3.8) is 0 Å². The topological polar surface area (TPSA) is 45.9 Å². The SMILES string of the molecule is CC1OCCC1Sc1nc(C(F)(F)F)ccc1C#N. The highest BCUT2D eigenvalue weighted by molar-refractivity contribution is 8.00. The molecule has 2 atom stereocenters. The summed E-state index contributed by atoms with van der Waals surface area (Å²) in [6, 6.07) is 3.87. The first-order valence-electron chi connectivity index (χ1n) is 5.68. The molecule has 1 aliphatic rings. The molecule has 7 heteroatoms. The van der Waals surface area contributed by atoms with Crippen LogP contribution in [0.4, 0.5) is 13.2 Å². The van der Waals surface area contributed by atoms with E-state index in [0.717, 1.165) is 12.5 Å². The summed E-state index contributed by atoms with van der Waals surface area (Å²) in [5, 5.41) is 9.09. The lowest BCUT2D eigenvalue weighted by Crippen LogP contribution is -2.15. The molecule has 2 heterocycles. The smallest absolute Gasteiger partial charge is 0.377 e. The fraction of sp³-hybridized carbons (Fsp3) is 0.500. The molecule has 2 unspecified atom stereocenters. The Morgan fingerprint density at radius 3 is 2.74 bits per heavy atom. The first kappa shape index (κ1) is 14.2. The molecule has 3 nitrogen and oxygen atoms in total. The molecule has 0 radical (unpaired) electrons. The monoisotopic (exact) mass is 288 g/mol. The summed E-state index contributed by atoms with van der Waals surface area (Å²) in [5.41, 5.74) is -0.808. The maximum atomic E-state index is 12.6. The van der Waals surface area contributed by atoms with Gasteiger partial charge in [0.2, 0.25) is 0 Å². The average molecular weight is 288 g/mol. The number of pyridine rings is 1. The summed E-state index contributed by atoms with van der Waals surface area (Å²) in [5.74, 6) is 0. The molecule has 2 rings (SSSR count). The van der Waals surface area contributed by atoms with E-state index in [9.17, 15) is 13.2 Å². The van der Waals surface area contributed by atoms with Crippen molar-refractivity contribution < 1.29 is 17.9 Å². The first-order valence-corrected chi connectivity index (χ1v) is 6.56. The van der Waals surface area contributed by atoms with E-state index < -0.39 is 11.9 Å². The van der Waals surface area contributed by atoms with Crippen molar-refractivity contribution >= 4 is 11.8 Å². The van der Waals surface area contributed by atoms with Gasteiger partial charge < -0.3 is 4.74 Å². The molecular weight excluding hydrogens is 277 g/mol. The third-order valence-corrected chi connectivity index (χ3v) is 4.30. The van der Waals surface area contributed by atoms with Gasteiger partial charge in [0.1, 0.15) is 16.8 Å². The number of rotatable bonds is 2. The van der Waals surface area contributed by atoms with Crippen LogP contribution in [0.1, 0.15) is 24.6 Å². The molecule has 0 saturated carbocycles. The lowest BCUT2D eigenvalue weighted by molar-refractivity contribution is -0.141. The molecule has 0 N–H and O–H groups in total. The molecule has 0 amide bonds. The molecule has 0 aromatic carbocycles. The minimum atomic E-state index is -4.50. The van der Waals surface area contributed by atoms with Crippen LogP contribution in [0, 0.1) is 11.3 Å². The second-order valence-electron chi connectivity index (χ2n) is 4.18. The Bertz CT molecular complexity index is 513. The minimum absolute atomic E-state index is 0.0306. The normalized spacial score (nSPS) is 23.3. The molecule has 0 bridgehead atoms. The van der Waals surface area contributed by atoms with E-state index in [1.807, 2.05) is 13.0 Å². The third kappa shape index (κ3) is 3.19. The highest BCUT2D eigenvalue weighted by Gasteiger charge is 2.34. The zero-order chi connectivity index (χ0) is 14.0. The predicted molar refractivity (Wildman–Crippen MR) is 63.6 cm³/mol. The summed E-state index contributed by atoms with van der Waals surface area (Å²) in [6.07, 6.45) is -3.80. The highest BCUT2D eigenvalue weighted by Crippen LogP contribution is 2.35. The Morgan fingerprint density at radius 2 is 2.21 bits per heavy atom. The van der Waals surface area contributed by atoms with Crippen molar-refractivity contribution in [3.05, 3.63) is 23.4 Å². The van der Waals surface area contributed by atoms with Crippen molar-refractivity contribution in [1.82, 2.24) is 4.98 Å². The zero-order valence-electron chi connectivity index (χ0n) is 10.1. The molecule has 0 spiro atoms. The molecule has 0 aliphatic carbocycles. The van der Waals surface area contributed by atoms with E-state index in [1.54, 1.807) is 0 Å². The van der Waals surface area contributed by atoms with Crippen LogP contribution in [-0.2, 0) is 10.9 Å². The van der Waals surface area contributed by atoms with Gasteiger partial charge in [-0.15, -0.1) is 0 Å². The van der Waals surface area contributed by atoms with E-state index in [0.29, 0.717) is 6.61 Å². The number of aromatic nitrogens is 1. The second kappa shape index (κ2) is 5.39. The van der Waals surface area contributed by atoms with Crippen LogP contribution < -0.4 is 0 Å². The van der Waals surface area contributed by atoms with Crippen LogP contribution in [-0.4, -0.2) is 22.9 Å². The lowest BCUT2D eigenvalue weighted by atomic mass is 10.2. The number of hydrogen-bond acceptors (Lipinski definition) is 4. The standard InChI is InChI=1S/C12H11F3N2OS/c1-7-9(4-5-18-7)19-11-8(6-16)2-3-10(17-11)12(13,14)15/h2-3,7,9H,4-5H2,1H3.